The van der Waals surface area contributed by atoms with E-state index in [1.54, 1.807) is 0 Å². The van der Waals surface area contributed by atoms with E-state index in [0.717, 1.165) is 12.5 Å². The summed E-state index contributed by atoms with van der Waals surface area (Å²) in [5.74, 6) is 0.429. The minimum absolute atomic E-state index is 0.0385. The lowest BCUT2D eigenvalue weighted by Crippen LogP contribution is -2.41. The summed E-state index contributed by atoms with van der Waals surface area (Å²) in [4.78, 5) is 22.2. The monoisotopic (exact) mass is 225 g/mol. The molecule has 0 saturated heterocycles. The smallest absolute Gasteiger partial charge is 0.239 e. The summed E-state index contributed by atoms with van der Waals surface area (Å²) in [6, 6.07) is 0. The fourth-order valence-electron chi connectivity index (χ4n) is 2.17. The van der Waals surface area contributed by atoms with Gasteiger partial charge in [0.1, 0.15) is 0 Å². The average molecular weight is 225 g/mol. The highest BCUT2D eigenvalue weighted by molar-refractivity contribution is 5.85. The first kappa shape index (κ1) is 11.4. The Hall–Kier alpha value is -1.10. The predicted molar refractivity (Wildman–Crippen MR) is 59.5 cm³/mol. The average Bonchev–Trinajstić information content (AvgIpc) is 3.15. The Bertz CT molecular complexity index is 296. The Morgan fingerprint density at radius 3 is 2.38 bits per heavy atom. The summed E-state index contributed by atoms with van der Waals surface area (Å²) < 4.78 is 0. The van der Waals surface area contributed by atoms with Crippen molar-refractivity contribution < 1.29 is 9.59 Å². The van der Waals surface area contributed by atoms with Gasteiger partial charge in [0, 0.05) is 6.54 Å². The molecule has 0 aromatic rings. The molecule has 0 heterocycles. The number of nitrogens with two attached hydrogens (primary N) is 1. The van der Waals surface area contributed by atoms with E-state index >= 15 is 0 Å². The van der Waals surface area contributed by atoms with Crippen molar-refractivity contribution in [1.29, 1.82) is 0 Å². The van der Waals surface area contributed by atoms with Crippen molar-refractivity contribution in [3.8, 4) is 0 Å². The van der Waals surface area contributed by atoms with Gasteiger partial charge in [0.05, 0.1) is 13.1 Å². The second kappa shape index (κ2) is 4.41. The molecule has 90 valence electrons. The van der Waals surface area contributed by atoms with Gasteiger partial charge < -0.3 is 16.4 Å². The first-order chi connectivity index (χ1) is 7.66. The maximum Gasteiger partial charge on any atom is 0.239 e. The Labute approximate surface area is 95.1 Å². The van der Waals surface area contributed by atoms with E-state index < -0.39 is 0 Å². The van der Waals surface area contributed by atoms with Crippen LogP contribution in [0.15, 0.2) is 0 Å². The molecule has 0 aromatic heterocycles. The quantitative estimate of drug-likeness (QED) is 0.562. The molecule has 2 amide bonds. The number of carbonyl (C=O) groups excluding carboxylic acids is 2. The van der Waals surface area contributed by atoms with E-state index in [1.807, 2.05) is 0 Å². The van der Waals surface area contributed by atoms with E-state index in [4.69, 9.17) is 5.73 Å². The number of carbonyl (C=O) groups is 2. The molecule has 2 aliphatic carbocycles. The second-order valence-corrected chi connectivity index (χ2v) is 4.89. The zero-order valence-electron chi connectivity index (χ0n) is 9.42. The van der Waals surface area contributed by atoms with Gasteiger partial charge in [-0.05, 0) is 37.0 Å². The summed E-state index contributed by atoms with van der Waals surface area (Å²) in [5, 5.41) is 5.35. The largest absolute Gasteiger partial charge is 0.354 e. The third-order valence-corrected chi connectivity index (χ3v) is 3.60. The zero-order valence-corrected chi connectivity index (χ0v) is 9.42. The van der Waals surface area contributed by atoms with Crippen molar-refractivity contribution in [3.63, 3.8) is 0 Å². The molecular weight excluding hydrogens is 206 g/mol. The van der Waals surface area contributed by atoms with Gasteiger partial charge in [-0.2, -0.15) is 0 Å². The van der Waals surface area contributed by atoms with Crippen LogP contribution < -0.4 is 16.4 Å². The van der Waals surface area contributed by atoms with Gasteiger partial charge in [-0.3, -0.25) is 9.59 Å². The lowest BCUT2D eigenvalue weighted by Gasteiger charge is -2.14. The third-order valence-electron chi connectivity index (χ3n) is 3.60. The molecule has 4 N–H and O–H groups in total. The molecule has 0 aliphatic heterocycles. The number of hydrogen-bond acceptors (Lipinski definition) is 3. The van der Waals surface area contributed by atoms with E-state index in [-0.39, 0.29) is 24.9 Å². The van der Waals surface area contributed by atoms with Gasteiger partial charge in [0.15, 0.2) is 0 Å². The van der Waals surface area contributed by atoms with Crippen molar-refractivity contribution in [3.05, 3.63) is 0 Å². The second-order valence-electron chi connectivity index (χ2n) is 4.89. The van der Waals surface area contributed by atoms with Crippen LogP contribution >= 0.6 is 0 Å². The van der Waals surface area contributed by atoms with Crippen LogP contribution in [0.25, 0.3) is 0 Å². The Morgan fingerprint density at radius 2 is 1.88 bits per heavy atom. The summed E-state index contributed by atoms with van der Waals surface area (Å²) >= 11 is 0. The topological polar surface area (TPSA) is 84.2 Å². The summed E-state index contributed by atoms with van der Waals surface area (Å²) in [7, 11) is 0. The van der Waals surface area contributed by atoms with E-state index in [9.17, 15) is 9.59 Å². The highest BCUT2D eigenvalue weighted by Crippen LogP contribution is 2.60. The van der Waals surface area contributed by atoms with Crippen LogP contribution in [0.4, 0.5) is 0 Å². The molecule has 5 nitrogen and oxygen atoms in total. The summed E-state index contributed by atoms with van der Waals surface area (Å²) in [6.07, 6.45) is 5.12. The van der Waals surface area contributed by atoms with Crippen molar-refractivity contribution in [1.82, 2.24) is 10.6 Å². The molecule has 2 rings (SSSR count). The van der Waals surface area contributed by atoms with Crippen LogP contribution in [0.2, 0.25) is 0 Å². The van der Waals surface area contributed by atoms with Gasteiger partial charge in [-0.25, -0.2) is 0 Å². The van der Waals surface area contributed by atoms with Crippen LogP contribution in [0.5, 0.6) is 0 Å². The van der Waals surface area contributed by atoms with Gasteiger partial charge >= 0.3 is 0 Å². The Kier molecular flexibility index (Phi) is 3.14. The standard InChI is InChI=1S/C11H19N3O2/c12-5-9(15)13-6-10(16)14-7-11(3-4-11)8-1-2-8/h8H,1-7,12H2,(H,13,15)(H,14,16). The highest BCUT2D eigenvalue weighted by atomic mass is 16.2. The lowest BCUT2D eigenvalue weighted by atomic mass is 10.0. The maximum atomic E-state index is 11.4. The number of hydrogen-bond donors (Lipinski definition) is 3. The van der Waals surface area contributed by atoms with Gasteiger partial charge in [0.2, 0.25) is 11.8 Å². The van der Waals surface area contributed by atoms with Gasteiger partial charge in [-0.15, -0.1) is 0 Å². The van der Waals surface area contributed by atoms with Crippen LogP contribution in [0.3, 0.4) is 0 Å². The zero-order chi connectivity index (χ0) is 11.6. The van der Waals surface area contributed by atoms with Crippen LogP contribution in [-0.2, 0) is 9.59 Å². The van der Waals surface area contributed by atoms with E-state index in [1.165, 1.54) is 25.7 Å². The highest BCUT2D eigenvalue weighted by Gasteiger charge is 2.53. The molecule has 2 fully saturated rings. The maximum absolute atomic E-state index is 11.4. The number of rotatable bonds is 6. The molecule has 0 unspecified atom stereocenters. The fourth-order valence-corrected chi connectivity index (χ4v) is 2.17. The van der Waals surface area contributed by atoms with Crippen molar-refractivity contribution in [2.75, 3.05) is 19.6 Å². The van der Waals surface area contributed by atoms with Crippen LogP contribution in [-0.4, -0.2) is 31.4 Å². The minimum atomic E-state index is -0.293. The molecule has 0 spiro atoms. The number of nitrogens with one attached hydrogen (secondary N) is 2. The van der Waals surface area contributed by atoms with Gasteiger partial charge in [0.25, 0.3) is 0 Å². The van der Waals surface area contributed by atoms with E-state index in [0.29, 0.717) is 5.41 Å². The molecular formula is C11H19N3O2. The molecule has 0 aromatic carbocycles. The molecule has 2 aliphatic rings. The van der Waals surface area contributed by atoms with Crippen molar-refractivity contribution in [2.45, 2.75) is 25.7 Å². The molecule has 5 heteroatoms. The summed E-state index contributed by atoms with van der Waals surface area (Å²) in [6.45, 7) is 0.741. The molecule has 0 radical (unpaired) electrons. The van der Waals surface area contributed by atoms with Crippen molar-refractivity contribution >= 4 is 11.8 Å². The predicted octanol–water partition coefficient (Wildman–Crippen LogP) is -0.632. The Balaban J connectivity index is 1.62. The third kappa shape index (κ3) is 2.72. The molecule has 0 atom stereocenters. The minimum Gasteiger partial charge on any atom is -0.354 e. The van der Waals surface area contributed by atoms with Crippen LogP contribution in [0, 0.1) is 11.3 Å². The first-order valence-corrected chi connectivity index (χ1v) is 5.90. The molecule has 2 saturated carbocycles. The first-order valence-electron chi connectivity index (χ1n) is 5.90. The van der Waals surface area contributed by atoms with E-state index in [2.05, 4.69) is 10.6 Å². The normalized spacial score (nSPS) is 21.3. The molecule has 16 heavy (non-hydrogen) atoms. The van der Waals surface area contributed by atoms with Gasteiger partial charge in [-0.1, -0.05) is 0 Å². The SMILES string of the molecule is NCC(=O)NCC(=O)NCC1(C2CC2)CC1. The lowest BCUT2D eigenvalue weighted by molar-refractivity contribution is -0.125. The number of amides is 2. The fraction of sp³-hybridized carbons (Fsp3) is 0.818. The van der Waals surface area contributed by atoms with Crippen LogP contribution in [0.1, 0.15) is 25.7 Å². The summed E-state index contributed by atoms with van der Waals surface area (Å²) in [5.41, 5.74) is 5.53. The molecule has 0 bridgehead atoms. The Morgan fingerprint density at radius 1 is 1.19 bits per heavy atom. The van der Waals surface area contributed by atoms with Crippen molar-refractivity contribution in [2.24, 2.45) is 17.1 Å².